The molecule has 6 rings (SSSR count). The maximum absolute atomic E-state index is 9.75. The summed E-state index contributed by atoms with van der Waals surface area (Å²) in [6.07, 6.45) is 2.81. The maximum Gasteiger partial charge on any atom is 1.00 e. The molecule has 0 fully saturated rings. The third kappa shape index (κ3) is 28.3. The van der Waals surface area contributed by atoms with E-state index in [4.69, 9.17) is 38.2 Å². The summed E-state index contributed by atoms with van der Waals surface area (Å²) in [5, 5.41) is 19.9. The molecule has 0 radical (unpaired) electrons. The molecule has 4 aromatic heterocycles. The van der Waals surface area contributed by atoms with Gasteiger partial charge in [-0.25, -0.2) is 0 Å². The third-order valence-electron chi connectivity index (χ3n) is 6.36. The molecule has 13 nitrogen and oxygen atoms in total. The van der Waals surface area contributed by atoms with Gasteiger partial charge >= 0.3 is 48.6 Å². The van der Waals surface area contributed by atoms with E-state index in [1.165, 1.54) is 12.4 Å². The normalized spacial score (nSPS) is 9.64. The number of aliphatic imine (C=N–C) groups is 2. The maximum atomic E-state index is 9.75. The molecular formula is C36H42B2Cu2F8N12O. The number of rotatable bonds is 2. The predicted molar refractivity (Wildman–Crippen MR) is 218 cm³/mol. The van der Waals surface area contributed by atoms with Crippen LogP contribution in [0.4, 0.5) is 34.5 Å². The van der Waals surface area contributed by atoms with Crippen LogP contribution in [0, 0.1) is 50.6 Å². The Hall–Kier alpha value is -5.83. The van der Waals surface area contributed by atoms with Crippen molar-refractivity contribution >= 4 is 70.0 Å². The Morgan fingerprint density at radius 3 is 0.787 bits per heavy atom. The van der Waals surface area contributed by atoms with Crippen LogP contribution in [0.5, 0.6) is 0 Å². The van der Waals surface area contributed by atoms with Crippen LogP contribution in [-0.2, 0) is 38.9 Å². The number of nitriles is 2. The second kappa shape index (κ2) is 30.2. The molecule has 0 bridgehead atoms. The van der Waals surface area contributed by atoms with Crippen molar-refractivity contribution in [1.82, 2.24) is 19.9 Å². The molecule has 0 spiro atoms. The molecule has 4 heterocycles. The third-order valence-corrected chi connectivity index (χ3v) is 6.36. The first-order valence-electron chi connectivity index (χ1n) is 17.0. The van der Waals surface area contributed by atoms with Crippen molar-refractivity contribution < 1.29 is 73.4 Å². The fraction of sp³-hybridized carbons (Fsp3) is 0.222. The van der Waals surface area contributed by atoms with Crippen LogP contribution in [0.3, 0.4) is 0 Å². The summed E-state index contributed by atoms with van der Waals surface area (Å²) in [5.41, 5.74) is 27.0. The average molecular weight is 960 g/mol. The molecule has 2 aromatic carbocycles. The largest absolute Gasteiger partial charge is 1.00 e. The summed E-state index contributed by atoms with van der Waals surface area (Å²) in [6, 6.07) is 24.9. The van der Waals surface area contributed by atoms with Crippen molar-refractivity contribution in [3.05, 3.63) is 95.6 Å². The summed E-state index contributed by atoms with van der Waals surface area (Å²) in [7, 11) is -12.0. The van der Waals surface area contributed by atoms with Crippen molar-refractivity contribution in [2.45, 2.75) is 41.5 Å². The Balaban J connectivity index is -0.000000694. The second-order valence-electron chi connectivity index (χ2n) is 11.3. The number of aryl methyl sites for hydroxylation is 4. The monoisotopic (exact) mass is 958 g/mol. The molecule has 25 heteroatoms. The summed E-state index contributed by atoms with van der Waals surface area (Å²) in [6.45, 7) is 13.7. The molecule has 61 heavy (non-hydrogen) atoms. The molecule has 6 aromatic rings. The first-order chi connectivity index (χ1) is 27.4. The van der Waals surface area contributed by atoms with Gasteiger partial charge in [0.2, 0.25) is 24.3 Å². The van der Waals surface area contributed by atoms with E-state index in [-0.39, 0.29) is 46.1 Å². The average Bonchev–Trinajstić information content (AvgIpc) is 3.11. The van der Waals surface area contributed by atoms with Gasteiger partial charge in [-0.15, -0.1) is 9.98 Å². The number of hydrogen-bond donors (Lipinski definition) is 4. The topological polar surface area (TPSA) is 237 Å². The number of benzene rings is 2. The number of ether oxygens (including phenoxy) is 1. The van der Waals surface area contributed by atoms with E-state index in [0.717, 1.165) is 79.6 Å². The van der Waals surface area contributed by atoms with E-state index in [0.29, 0.717) is 0 Å². The Bertz CT molecular complexity index is 2090. The van der Waals surface area contributed by atoms with Crippen molar-refractivity contribution in [3.8, 4) is 12.4 Å². The quantitative estimate of drug-likeness (QED) is 0.0325. The Kier molecular flexibility index (Phi) is 29.5. The molecule has 8 N–H and O–H groups in total. The Morgan fingerprint density at radius 1 is 0.492 bits per heavy atom. The molecule has 0 unspecified atom stereocenters. The number of guanidine groups is 2. The molecular weight excluding hydrogens is 917 g/mol. The zero-order valence-electron chi connectivity index (χ0n) is 33.4. The van der Waals surface area contributed by atoms with E-state index >= 15 is 0 Å². The number of halogens is 8. The van der Waals surface area contributed by atoms with Crippen molar-refractivity contribution in [1.29, 1.82) is 10.5 Å². The number of fused-ring (bicyclic) bond motifs is 6. The van der Waals surface area contributed by atoms with Crippen LogP contribution < -0.4 is 22.9 Å². The fourth-order valence-electron chi connectivity index (χ4n) is 4.25. The number of aromatic nitrogens is 4. The van der Waals surface area contributed by atoms with E-state index in [9.17, 15) is 34.5 Å². The SMILES string of the molecule is CCOCC.Cc1ccc2ccc3ccc(C)nc3c2n1.Cc1ccc2ccc3ccc(C)nc3c2n1.F[B-](F)(F)F.F[B-](F)(F)F.N#CN=C(N)N.N#CN=C(N)N.[Cu+].[Cu+]. The molecule has 0 saturated heterocycles. The van der Waals surface area contributed by atoms with E-state index in [1.54, 1.807) is 0 Å². The smallest absolute Gasteiger partial charge is 0.418 e. The van der Waals surface area contributed by atoms with E-state index in [2.05, 4.69) is 78.5 Å². The minimum Gasteiger partial charge on any atom is -0.418 e. The van der Waals surface area contributed by atoms with Gasteiger partial charge in [-0.3, -0.25) is 19.9 Å². The first-order valence-corrected chi connectivity index (χ1v) is 17.0. The standard InChI is InChI=1S/2C14H12N2.C4H10O.2C2H4N4.2BF4.2Cu/c2*1-9-3-5-11-7-8-12-6-4-10(2)16-14(12)13(11)15-9;1-3-5-4-2;2*3-1-6-2(4)5;2*2-1(3,4)5;;/h2*3-8H,1-2H3;3-4H2,1-2H3;2*(H4,4,5,6);;;;/q;;;;;2*-1;2*+1. The predicted octanol–water partition coefficient (Wildman–Crippen LogP) is 7.92. The van der Waals surface area contributed by atoms with Gasteiger partial charge in [0.05, 0.1) is 22.1 Å². The minimum atomic E-state index is -6.00. The van der Waals surface area contributed by atoms with Gasteiger partial charge in [0.25, 0.3) is 0 Å². The number of nitrogens with zero attached hydrogens (tertiary/aromatic N) is 8. The molecule has 0 aliphatic rings. The zero-order valence-corrected chi connectivity index (χ0v) is 35.3. The van der Waals surface area contributed by atoms with Crippen LogP contribution in [0.1, 0.15) is 36.6 Å². The van der Waals surface area contributed by atoms with Crippen LogP contribution >= 0.6 is 0 Å². The van der Waals surface area contributed by atoms with Crippen molar-refractivity contribution in [2.75, 3.05) is 13.2 Å². The summed E-state index contributed by atoms with van der Waals surface area (Å²) >= 11 is 0. The van der Waals surface area contributed by atoms with Gasteiger partial charge < -0.3 is 62.2 Å². The zero-order chi connectivity index (χ0) is 45.3. The molecule has 0 aliphatic heterocycles. The summed E-state index contributed by atoms with van der Waals surface area (Å²) in [4.78, 5) is 24.1. The van der Waals surface area contributed by atoms with Crippen LogP contribution in [0.15, 0.2) is 82.8 Å². The fourth-order valence-corrected chi connectivity index (χ4v) is 4.25. The van der Waals surface area contributed by atoms with Crippen LogP contribution in [-0.4, -0.2) is 59.6 Å². The number of nitrogens with two attached hydrogens (primary N) is 4. The summed E-state index contributed by atoms with van der Waals surface area (Å²) < 4.78 is 82.8. The van der Waals surface area contributed by atoms with Gasteiger partial charge in [-0.2, -0.15) is 10.5 Å². The van der Waals surface area contributed by atoms with Crippen LogP contribution in [0.2, 0.25) is 0 Å². The van der Waals surface area contributed by atoms with Gasteiger partial charge in [-0.05, 0) is 65.8 Å². The molecule has 0 amide bonds. The van der Waals surface area contributed by atoms with Gasteiger partial charge in [0.1, 0.15) is 0 Å². The van der Waals surface area contributed by atoms with Gasteiger partial charge in [0, 0.05) is 57.5 Å². The molecule has 0 saturated carbocycles. The Morgan fingerprint density at radius 2 is 0.672 bits per heavy atom. The van der Waals surface area contributed by atoms with E-state index < -0.39 is 14.5 Å². The van der Waals surface area contributed by atoms with Crippen molar-refractivity contribution in [2.24, 2.45) is 32.9 Å². The minimum absolute atomic E-state index is 0. The first kappa shape index (κ1) is 59.5. The van der Waals surface area contributed by atoms with Gasteiger partial charge in [-0.1, -0.05) is 48.5 Å². The van der Waals surface area contributed by atoms with Gasteiger partial charge in [0.15, 0.2) is 0 Å². The Labute approximate surface area is 368 Å². The van der Waals surface area contributed by atoms with E-state index in [1.807, 2.05) is 65.8 Å². The summed E-state index contributed by atoms with van der Waals surface area (Å²) in [5.74, 6) is -0.394. The van der Waals surface area contributed by atoms with Crippen molar-refractivity contribution in [3.63, 3.8) is 0 Å². The number of hydrogen-bond acceptors (Lipinski definition) is 9. The number of pyridine rings is 4. The second-order valence-corrected chi connectivity index (χ2v) is 11.3. The molecule has 0 atom stereocenters. The molecule has 336 valence electrons. The van der Waals surface area contributed by atoms with Crippen LogP contribution in [0.25, 0.3) is 43.6 Å². The molecule has 0 aliphatic carbocycles.